The van der Waals surface area contributed by atoms with Gasteiger partial charge in [-0.1, -0.05) is 102 Å². The largest absolute Gasteiger partial charge is 0.497 e. The van der Waals surface area contributed by atoms with Crippen LogP contribution in [0, 0.1) is 0 Å². The molecule has 0 atom stereocenters. The molecule has 0 bridgehead atoms. The van der Waals surface area contributed by atoms with E-state index in [1.807, 2.05) is 41.0 Å². The average Bonchev–Trinajstić information content (AvgIpc) is 3.35. The van der Waals surface area contributed by atoms with Gasteiger partial charge >= 0.3 is 0 Å². The molecule has 1 amide bonds. The Morgan fingerprint density at radius 2 is 1.45 bits per heavy atom. The molecule has 0 aliphatic heterocycles. The van der Waals surface area contributed by atoms with Gasteiger partial charge in [0.15, 0.2) is 11.0 Å². The third-order valence-corrected chi connectivity index (χ3v) is 7.41. The van der Waals surface area contributed by atoms with Crippen molar-refractivity contribution in [2.45, 2.75) is 57.5 Å². The summed E-state index contributed by atoms with van der Waals surface area (Å²) in [6.07, 6.45) is 1.65. The van der Waals surface area contributed by atoms with E-state index >= 15 is 0 Å². The highest BCUT2D eigenvalue weighted by Crippen LogP contribution is 2.31. The molecule has 0 aliphatic rings. The van der Waals surface area contributed by atoms with Gasteiger partial charge in [-0.2, -0.15) is 5.10 Å². The number of hydrogen-bond donors (Lipinski definition) is 1. The maximum Gasteiger partial charge on any atom is 0.250 e. The van der Waals surface area contributed by atoms with Crippen LogP contribution in [-0.2, 0) is 15.6 Å². The van der Waals surface area contributed by atoms with Crippen molar-refractivity contribution in [3.05, 3.63) is 89.5 Å². The van der Waals surface area contributed by atoms with Crippen LogP contribution >= 0.6 is 11.8 Å². The Bertz CT molecular complexity index is 1460. The molecule has 0 saturated heterocycles. The quantitative estimate of drug-likeness (QED) is 0.147. The van der Waals surface area contributed by atoms with Crippen LogP contribution in [0.5, 0.6) is 5.75 Å². The summed E-state index contributed by atoms with van der Waals surface area (Å²) in [5.41, 5.74) is 7.97. The first-order chi connectivity index (χ1) is 19.0. The minimum atomic E-state index is -0.229. The number of benzene rings is 3. The van der Waals surface area contributed by atoms with Gasteiger partial charge in [0, 0.05) is 11.3 Å². The lowest BCUT2D eigenvalue weighted by atomic mass is 9.87. The molecule has 1 heterocycles. The molecule has 8 heteroatoms. The Morgan fingerprint density at radius 1 is 0.875 bits per heavy atom. The lowest BCUT2D eigenvalue weighted by Gasteiger charge is -2.19. The lowest BCUT2D eigenvalue weighted by Crippen LogP contribution is -2.20. The monoisotopic (exact) mass is 555 g/mol. The summed E-state index contributed by atoms with van der Waals surface area (Å²) in [7, 11) is 1.64. The number of nitrogens with one attached hydrogen (secondary N) is 1. The minimum Gasteiger partial charge on any atom is -0.497 e. The van der Waals surface area contributed by atoms with Crippen LogP contribution in [0.3, 0.4) is 0 Å². The number of aromatic nitrogens is 3. The van der Waals surface area contributed by atoms with Crippen molar-refractivity contribution in [2.24, 2.45) is 5.10 Å². The maximum atomic E-state index is 12.6. The van der Waals surface area contributed by atoms with E-state index in [1.165, 1.54) is 22.9 Å². The zero-order valence-corrected chi connectivity index (χ0v) is 25.0. The van der Waals surface area contributed by atoms with Crippen molar-refractivity contribution in [3.63, 3.8) is 0 Å². The van der Waals surface area contributed by atoms with E-state index in [-0.39, 0.29) is 22.5 Å². The van der Waals surface area contributed by atoms with E-state index in [0.29, 0.717) is 11.0 Å². The second kappa shape index (κ2) is 12.1. The number of hydrogen-bond acceptors (Lipinski definition) is 6. The average molecular weight is 556 g/mol. The molecule has 0 saturated carbocycles. The fourth-order valence-electron chi connectivity index (χ4n) is 4.04. The zero-order chi connectivity index (χ0) is 28.9. The van der Waals surface area contributed by atoms with Gasteiger partial charge in [0.2, 0.25) is 0 Å². The number of carbonyl (C=O) groups is 1. The molecule has 0 radical (unpaired) electrons. The minimum absolute atomic E-state index is 0.0505. The normalized spacial score (nSPS) is 12.1. The van der Waals surface area contributed by atoms with Crippen LogP contribution < -0.4 is 10.2 Å². The number of rotatable bonds is 8. The van der Waals surface area contributed by atoms with Gasteiger partial charge in [-0.3, -0.25) is 9.36 Å². The van der Waals surface area contributed by atoms with Gasteiger partial charge < -0.3 is 4.74 Å². The fraction of sp³-hybridized carbons (Fsp3) is 0.312. The van der Waals surface area contributed by atoms with Crippen LogP contribution in [0.1, 0.15) is 58.2 Å². The van der Waals surface area contributed by atoms with Gasteiger partial charge in [-0.15, -0.1) is 10.2 Å². The Balaban J connectivity index is 1.50. The highest BCUT2D eigenvalue weighted by Gasteiger charge is 2.19. The van der Waals surface area contributed by atoms with Crippen molar-refractivity contribution >= 4 is 23.9 Å². The van der Waals surface area contributed by atoms with Gasteiger partial charge in [-0.25, -0.2) is 5.43 Å². The zero-order valence-electron chi connectivity index (χ0n) is 24.2. The summed E-state index contributed by atoms with van der Waals surface area (Å²) in [5, 5.41) is 13.7. The van der Waals surface area contributed by atoms with Gasteiger partial charge in [0.25, 0.3) is 5.91 Å². The molecule has 0 spiro atoms. The van der Waals surface area contributed by atoms with E-state index in [9.17, 15) is 4.79 Å². The lowest BCUT2D eigenvalue weighted by molar-refractivity contribution is -0.118. The van der Waals surface area contributed by atoms with Crippen molar-refractivity contribution < 1.29 is 9.53 Å². The third-order valence-electron chi connectivity index (χ3n) is 6.49. The topological polar surface area (TPSA) is 81.4 Å². The van der Waals surface area contributed by atoms with Gasteiger partial charge in [0.05, 0.1) is 19.1 Å². The Labute approximate surface area is 241 Å². The molecule has 40 heavy (non-hydrogen) atoms. The second-order valence-electron chi connectivity index (χ2n) is 11.6. The fourth-order valence-corrected chi connectivity index (χ4v) is 4.79. The third kappa shape index (κ3) is 7.18. The molecule has 7 nitrogen and oxygen atoms in total. The van der Waals surface area contributed by atoms with E-state index in [1.54, 1.807) is 13.3 Å². The van der Waals surface area contributed by atoms with Crippen LogP contribution in [0.25, 0.3) is 17.1 Å². The highest BCUT2D eigenvalue weighted by atomic mass is 32.2. The number of carbonyl (C=O) groups excluding carboxylic acids is 1. The molecule has 3 aromatic carbocycles. The molecule has 0 fully saturated rings. The molecule has 4 aromatic rings. The number of methoxy groups -OCH3 is 1. The first-order valence-corrected chi connectivity index (χ1v) is 14.2. The van der Waals surface area contributed by atoms with Crippen LogP contribution in [-0.4, -0.2) is 39.7 Å². The van der Waals surface area contributed by atoms with Crippen LogP contribution in [0.4, 0.5) is 0 Å². The summed E-state index contributed by atoms with van der Waals surface area (Å²) in [6, 6.07) is 24.2. The summed E-state index contributed by atoms with van der Waals surface area (Å²) in [6.45, 7) is 13.1. The highest BCUT2D eigenvalue weighted by molar-refractivity contribution is 7.99. The predicted octanol–water partition coefficient (Wildman–Crippen LogP) is 6.78. The SMILES string of the molecule is COc1ccc(-n2c(SCC(=O)NN=Cc3ccc(C(C)(C)C)cc3)nnc2-c2ccc(C(C)(C)C)cc2)cc1. The van der Waals surface area contributed by atoms with Crippen molar-refractivity contribution in [1.82, 2.24) is 20.2 Å². The molecule has 0 aliphatic carbocycles. The second-order valence-corrected chi connectivity index (χ2v) is 12.6. The maximum absolute atomic E-state index is 12.6. The molecule has 1 N–H and O–H groups in total. The van der Waals surface area contributed by atoms with Crippen molar-refractivity contribution in [1.29, 1.82) is 0 Å². The number of hydrazone groups is 1. The summed E-state index contributed by atoms with van der Waals surface area (Å²) >= 11 is 1.31. The molecule has 4 rings (SSSR count). The molecule has 0 unspecified atom stereocenters. The molecule has 1 aromatic heterocycles. The number of amides is 1. The Hall–Kier alpha value is -3.91. The Morgan fingerprint density at radius 3 is 2.00 bits per heavy atom. The first kappa shape index (κ1) is 29.1. The number of thioether (sulfide) groups is 1. The molecular weight excluding hydrogens is 518 g/mol. The van der Waals surface area contributed by atoms with Crippen molar-refractivity contribution in [3.8, 4) is 22.8 Å². The molecule has 208 valence electrons. The van der Waals surface area contributed by atoms with E-state index < -0.39 is 0 Å². The van der Waals surface area contributed by atoms with Crippen LogP contribution in [0.2, 0.25) is 0 Å². The number of nitrogens with zero attached hydrogens (tertiary/aromatic N) is 4. The van der Waals surface area contributed by atoms with Gasteiger partial charge in [0.1, 0.15) is 5.75 Å². The molecular formula is C32H37N5O2S. The first-order valence-electron chi connectivity index (χ1n) is 13.2. The van der Waals surface area contributed by atoms with E-state index in [4.69, 9.17) is 4.74 Å². The van der Waals surface area contributed by atoms with E-state index in [2.05, 4.69) is 98.7 Å². The van der Waals surface area contributed by atoms with E-state index in [0.717, 1.165) is 22.6 Å². The van der Waals surface area contributed by atoms with Crippen molar-refractivity contribution in [2.75, 3.05) is 12.9 Å². The smallest absolute Gasteiger partial charge is 0.250 e. The number of ether oxygens (including phenoxy) is 1. The van der Waals surface area contributed by atoms with Gasteiger partial charge in [-0.05, 0) is 51.8 Å². The van der Waals surface area contributed by atoms with Crippen LogP contribution in [0.15, 0.2) is 83.1 Å². The summed E-state index contributed by atoms with van der Waals surface area (Å²) in [4.78, 5) is 12.6. The summed E-state index contributed by atoms with van der Waals surface area (Å²) < 4.78 is 7.30. The standard InChI is InChI=1S/C32H37N5O2S/c1-31(2,3)24-12-8-22(9-13-24)20-33-34-28(38)21-40-30-36-35-29(23-10-14-25(15-11-23)32(4,5)6)37(30)26-16-18-27(39-7)19-17-26/h8-20H,21H2,1-7H3,(H,34,38). The predicted molar refractivity (Wildman–Crippen MR) is 164 cm³/mol. The summed E-state index contributed by atoms with van der Waals surface area (Å²) in [5.74, 6) is 1.36. The Kier molecular flexibility index (Phi) is 8.79.